The van der Waals surface area contributed by atoms with Gasteiger partial charge in [-0.2, -0.15) is 9.40 Å². The highest BCUT2D eigenvalue weighted by Gasteiger charge is 2.35. The summed E-state index contributed by atoms with van der Waals surface area (Å²) in [5.41, 5.74) is 3.43. The molecule has 0 spiro atoms. The van der Waals surface area contributed by atoms with Crippen molar-refractivity contribution in [3.63, 3.8) is 0 Å². The van der Waals surface area contributed by atoms with Crippen LogP contribution in [0.4, 0.5) is 4.39 Å². The number of aromatic nitrogens is 3. The van der Waals surface area contributed by atoms with E-state index >= 15 is 4.39 Å². The van der Waals surface area contributed by atoms with Gasteiger partial charge in [0.2, 0.25) is 10.0 Å². The van der Waals surface area contributed by atoms with E-state index < -0.39 is 15.8 Å². The van der Waals surface area contributed by atoms with Crippen molar-refractivity contribution in [1.82, 2.24) is 18.9 Å². The second-order valence-electron chi connectivity index (χ2n) is 8.15. The number of piperidine rings is 1. The van der Waals surface area contributed by atoms with Gasteiger partial charge in [-0.25, -0.2) is 22.3 Å². The van der Waals surface area contributed by atoms with Crippen LogP contribution < -0.4 is 4.74 Å². The second kappa shape index (κ2) is 7.02. The molecule has 9 heteroatoms. The Hall–Kier alpha value is -2.52. The Labute approximate surface area is 174 Å². The topological polar surface area (TPSA) is 76.8 Å². The van der Waals surface area contributed by atoms with Gasteiger partial charge in [0.25, 0.3) is 0 Å². The van der Waals surface area contributed by atoms with E-state index in [2.05, 4.69) is 10.1 Å². The molecule has 0 saturated carbocycles. The quantitative estimate of drug-likeness (QED) is 0.638. The lowest BCUT2D eigenvalue weighted by Crippen LogP contribution is -2.38. The molecular formula is C21H23FN4O3S. The van der Waals surface area contributed by atoms with Crippen molar-refractivity contribution in [1.29, 1.82) is 0 Å². The highest BCUT2D eigenvalue weighted by Crippen LogP contribution is 2.39. The fourth-order valence-corrected chi connectivity index (χ4v) is 6.13. The van der Waals surface area contributed by atoms with E-state index in [1.54, 1.807) is 10.6 Å². The summed E-state index contributed by atoms with van der Waals surface area (Å²) >= 11 is 0. The fraction of sp³-hybridized carbons (Fsp3) is 0.429. The van der Waals surface area contributed by atoms with Crippen molar-refractivity contribution >= 4 is 15.7 Å². The Bertz CT molecular complexity index is 1230. The monoisotopic (exact) mass is 430 g/mol. The third kappa shape index (κ3) is 2.99. The highest BCUT2D eigenvalue weighted by molar-refractivity contribution is 7.89. The van der Waals surface area contributed by atoms with Gasteiger partial charge in [-0.15, -0.1) is 0 Å². The first-order chi connectivity index (χ1) is 14.4. The zero-order valence-corrected chi connectivity index (χ0v) is 17.7. The number of sulfonamides is 1. The summed E-state index contributed by atoms with van der Waals surface area (Å²) < 4.78 is 50.0. The lowest BCUT2D eigenvalue weighted by molar-refractivity contribution is 0.317. The van der Waals surface area contributed by atoms with Gasteiger partial charge >= 0.3 is 0 Å². The maximum Gasteiger partial charge on any atom is 0.245 e. The van der Waals surface area contributed by atoms with Crippen LogP contribution in [0.15, 0.2) is 35.6 Å². The van der Waals surface area contributed by atoms with E-state index in [-0.39, 0.29) is 16.7 Å². The van der Waals surface area contributed by atoms with Crippen LogP contribution in [0.1, 0.15) is 48.3 Å². The highest BCUT2D eigenvalue weighted by atomic mass is 32.2. The molecule has 7 nitrogen and oxygen atoms in total. The Balaban J connectivity index is 1.38. The van der Waals surface area contributed by atoms with E-state index in [9.17, 15) is 8.42 Å². The van der Waals surface area contributed by atoms with Gasteiger partial charge < -0.3 is 4.74 Å². The molecule has 2 aliphatic rings. The lowest BCUT2D eigenvalue weighted by atomic mass is 9.89. The number of halogens is 1. The Morgan fingerprint density at radius 3 is 2.77 bits per heavy atom. The van der Waals surface area contributed by atoms with Crippen LogP contribution in [-0.4, -0.2) is 47.0 Å². The first-order valence-electron chi connectivity index (χ1n) is 10.1. The van der Waals surface area contributed by atoms with Gasteiger partial charge in [0.05, 0.1) is 6.61 Å². The number of ether oxygens (including phenoxy) is 1. The first-order valence-corrected chi connectivity index (χ1v) is 11.6. The van der Waals surface area contributed by atoms with E-state index in [0.717, 1.165) is 16.8 Å². The molecule has 1 aromatic carbocycles. The largest absolute Gasteiger partial charge is 0.493 e. The Morgan fingerprint density at radius 2 is 2.00 bits per heavy atom. The van der Waals surface area contributed by atoms with Crippen molar-refractivity contribution < 1.29 is 17.5 Å². The molecule has 0 aliphatic carbocycles. The molecule has 5 rings (SSSR count). The predicted octanol–water partition coefficient (Wildman–Crippen LogP) is 3.24. The maximum absolute atomic E-state index is 15.1. The molecule has 1 fully saturated rings. The van der Waals surface area contributed by atoms with E-state index in [4.69, 9.17) is 4.74 Å². The van der Waals surface area contributed by atoms with Crippen molar-refractivity contribution in [2.75, 3.05) is 19.7 Å². The molecule has 0 bridgehead atoms. The van der Waals surface area contributed by atoms with Crippen LogP contribution in [0.25, 0.3) is 5.65 Å². The molecule has 1 unspecified atom stereocenters. The average Bonchev–Trinajstić information content (AvgIpc) is 3.34. The van der Waals surface area contributed by atoms with Crippen LogP contribution in [0.5, 0.6) is 5.75 Å². The summed E-state index contributed by atoms with van der Waals surface area (Å²) in [6.07, 6.45) is 4.84. The third-order valence-corrected chi connectivity index (χ3v) is 8.18. The summed E-state index contributed by atoms with van der Waals surface area (Å²) in [4.78, 5) is 3.95. The van der Waals surface area contributed by atoms with Crippen LogP contribution in [-0.2, 0) is 10.0 Å². The summed E-state index contributed by atoms with van der Waals surface area (Å²) in [6, 6.07) is 4.89. The number of aryl methyl sites for hydroxylation is 1. The normalized spacial score (nSPS) is 20.4. The fourth-order valence-electron chi connectivity index (χ4n) is 4.58. The van der Waals surface area contributed by atoms with Gasteiger partial charge in [0.1, 0.15) is 17.0 Å². The van der Waals surface area contributed by atoms with E-state index in [1.165, 1.54) is 16.7 Å². The van der Waals surface area contributed by atoms with Crippen molar-refractivity contribution in [2.24, 2.45) is 0 Å². The zero-order valence-electron chi connectivity index (χ0n) is 16.9. The van der Waals surface area contributed by atoms with Gasteiger partial charge in [0, 0.05) is 30.8 Å². The van der Waals surface area contributed by atoms with Gasteiger partial charge in [-0.3, -0.25) is 0 Å². The molecule has 3 aromatic rings. The lowest BCUT2D eigenvalue weighted by Gasteiger charge is -2.32. The molecule has 0 radical (unpaired) electrons. The summed E-state index contributed by atoms with van der Waals surface area (Å²) in [7, 11) is -3.90. The standard InChI is InChI=1S/C21H23FN4O3S/c1-13-9-19-23-12-24-26(19)10-16(13)15-5-7-25(8-6-15)30(27,28)18-4-3-17-20(21(18)22)14(2)11-29-17/h3-4,9-10,12,14-15H,5-8,11H2,1-2H3. The van der Waals surface area contributed by atoms with Crippen LogP contribution in [0, 0.1) is 12.7 Å². The first kappa shape index (κ1) is 19.4. The minimum atomic E-state index is -3.90. The SMILES string of the molecule is Cc1cc2ncnn2cc1C1CCN(S(=O)(=O)c2ccc3c(c2F)C(C)CO3)CC1. The average molecular weight is 431 g/mol. The van der Waals surface area contributed by atoms with Crippen LogP contribution in [0.3, 0.4) is 0 Å². The van der Waals surface area contributed by atoms with Gasteiger partial charge in [-0.05, 0) is 55.0 Å². The van der Waals surface area contributed by atoms with Crippen LogP contribution in [0.2, 0.25) is 0 Å². The molecule has 0 amide bonds. The minimum absolute atomic E-state index is 0.157. The molecular weight excluding hydrogens is 407 g/mol. The summed E-state index contributed by atoms with van der Waals surface area (Å²) in [5, 5.41) is 4.20. The van der Waals surface area contributed by atoms with Gasteiger partial charge in [-0.1, -0.05) is 6.92 Å². The number of hydrogen-bond acceptors (Lipinski definition) is 5. The molecule has 1 atom stereocenters. The number of pyridine rings is 1. The molecule has 2 aliphatic heterocycles. The molecule has 30 heavy (non-hydrogen) atoms. The minimum Gasteiger partial charge on any atom is -0.493 e. The van der Waals surface area contributed by atoms with Crippen LogP contribution >= 0.6 is 0 Å². The third-order valence-electron chi connectivity index (χ3n) is 6.26. The smallest absolute Gasteiger partial charge is 0.245 e. The number of benzene rings is 1. The summed E-state index contributed by atoms with van der Waals surface area (Å²) in [5.74, 6) is -0.164. The molecule has 158 valence electrons. The van der Waals surface area contributed by atoms with E-state index in [0.29, 0.717) is 43.9 Å². The Morgan fingerprint density at radius 1 is 1.23 bits per heavy atom. The van der Waals surface area contributed by atoms with Crippen molar-refractivity contribution in [3.8, 4) is 5.75 Å². The maximum atomic E-state index is 15.1. The van der Waals surface area contributed by atoms with Crippen molar-refractivity contribution in [3.05, 3.63) is 53.2 Å². The Kier molecular flexibility index (Phi) is 4.55. The predicted molar refractivity (Wildman–Crippen MR) is 109 cm³/mol. The summed E-state index contributed by atoms with van der Waals surface area (Å²) in [6.45, 7) is 4.95. The van der Waals surface area contributed by atoms with Crippen molar-refractivity contribution in [2.45, 2.75) is 43.4 Å². The van der Waals surface area contributed by atoms with Gasteiger partial charge in [0.15, 0.2) is 11.5 Å². The number of rotatable bonds is 3. The second-order valence-corrected chi connectivity index (χ2v) is 10.1. The molecule has 0 N–H and O–H groups in total. The molecule has 4 heterocycles. The molecule has 1 saturated heterocycles. The zero-order chi connectivity index (χ0) is 21.0. The van der Waals surface area contributed by atoms with E-state index in [1.807, 2.05) is 26.1 Å². The number of nitrogens with zero attached hydrogens (tertiary/aromatic N) is 4. The molecule has 2 aromatic heterocycles. The number of hydrogen-bond donors (Lipinski definition) is 0. The number of fused-ring (bicyclic) bond motifs is 2.